The van der Waals surface area contributed by atoms with E-state index in [0.717, 1.165) is 43.3 Å². The molecule has 1 unspecified atom stereocenters. The Morgan fingerprint density at radius 3 is 2.86 bits per heavy atom. The third kappa shape index (κ3) is 2.51. The van der Waals surface area contributed by atoms with E-state index in [1.807, 2.05) is 32.4 Å². The monoisotopic (exact) mass is 286 g/mol. The first-order valence-corrected chi connectivity index (χ1v) is 7.32. The lowest BCUT2D eigenvalue weighted by atomic mass is 9.97. The molecule has 2 aromatic rings. The molecule has 1 aliphatic rings. The van der Waals surface area contributed by atoms with Crippen LogP contribution in [0.3, 0.4) is 0 Å². The van der Waals surface area contributed by atoms with Gasteiger partial charge in [-0.2, -0.15) is 0 Å². The average Bonchev–Trinajstić information content (AvgIpc) is 2.98. The van der Waals surface area contributed by atoms with E-state index in [-0.39, 0.29) is 5.54 Å². The van der Waals surface area contributed by atoms with Gasteiger partial charge < -0.3 is 10.3 Å². The number of imidazole rings is 1. The maximum absolute atomic E-state index is 5.91. The van der Waals surface area contributed by atoms with Crippen LogP contribution in [0.2, 0.25) is 0 Å². The second-order valence-electron chi connectivity index (χ2n) is 6.01. The van der Waals surface area contributed by atoms with Crippen LogP contribution < -0.4 is 5.73 Å². The largest absolute Gasteiger partial charge is 0.384 e. The number of hydrogen-bond acceptors (Lipinski definition) is 5. The van der Waals surface area contributed by atoms with Gasteiger partial charge in [-0.3, -0.25) is 4.90 Å². The van der Waals surface area contributed by atoms with Gasteiger partial charge in [0, 0.05) is 31.2 Å². The van der Waals surface area contributed by atoms with Crippen molar-refractivity contribution in [2.45, 2.75) is 38.8 Å². The molecule has 0 aromatic carbocycles. The quantitative estimate of drug-likeness (QED) is 0.928. The molecule has 1 aliphatic heterocycles. The van der Waals surface area contributed by atoms with E-state index in [2.05, 4.69) is 31.3 Å². The summed E-state index contributed by atoms with van der Waals surface area (Å²) in [5.74, 6) is 2.43. The van der Waals surface area contributed by atoms with Crippen molar-refractivity contribution in [2.75, 3.05) is 12.3 Å². The van der Waals surface area contributed by atoms with Crippen molar-refractivity contribution < 1.29 is 0 Å². The number of hydrogen-bond donors (Lipinski definition) is 1. The molecule has 0 saturated carbocycles. The molecule has 0 aliphatic carbocycles. The Bertz CT molecular complexity index is 629. The molecule has 0 bridgehead atoms. The first-order valence-electron chi connectivity index (χ1n) is 7.32. The fraction of sp³-hybridized carbons (Fsp3) is 0.533. The molecule has 0 amide bonds. The van der Waals surface area contributed by atoms with Gasteiger partial charge in [0.15, 0.2) is 5.82 Å². The molecule has 6 heteroatoms. The van der Waals surface area contributed by atoms with E-state index in [1.54, 1.807) is 0 Å². The van der Waals surface area contributed by atoms with Gasteiger partial charge in [-0.15, -0.1) is 0 Å². The smallest absolute Gasteiger partial charge is 0.150 e. The second-order valence-corrected chi connectivity index (χ2v) is 6.01. The summed E-state index contributed by atoms with van der Waals surface area (Å²) >= 11 is 0. The Balaban J connectivity index is 1.93. The number of likely N-dealkylation sites (tertiary alicyclic amines) is 1. The van der Waals surface area contributed by atoms with E-state index in [9.17, 15) is 0 Å². The summed E-state index contributed by atoms with van der Waals surface area (Å²) in [5.41, 5.74) is 6.65. The van der Waals surface area contributed by atoms with Crippen LogP contribution in [0.25, 0.3) is 0 Å². The predicted octanol–water partition coefficient (Wildman–Crippen LogP) is 1.61. The van der Waals surface area contributed by atoms with Gasteiger partial charge in [-0.25, -0.2) is 15.0 Å². The number of nitrogens with two attached hydrogens (primary N) is 1. The van der Waals surface area contributed by atoms with Crippen molar-refractivity contribution in [3.05, 3.63) is 35.8 Å². The van der Waals surface area contributed by atoms with Gasteiger partial charge >= 0.3 is 0 Å². The van der Waals surface area contributed by atoms with Gasteiger partial charge in [0.2, 0.25) is 0 Å². The van der Waals surface area contributed by atoms with Crippen LogP contribution in [-0.2, 0) is 19.1 Å². The lowest BCUT2D eigenvalue weighted by molar-refractivity contribution is 0.133. The zero-order valence-corrected chi connectivity index (χ0v) is 12.9. The molecule has 0 radical (unpaired) electrons. The highest BCUT2D eigenvalue weighted by molar-refractivity contribution is 5.31. The minimum atomic E-state index is -0.175. The van der Waals surface area contributed by atoms with Crippen LogP contribution in [0, 0.1) is 6.92 Å². The average molecular weight is 286 g/mol. The molecule has 21 heavy (non-hydrogen) atoms. The Morgan fingerprint density at radius 1 is 1.38 bits per heavy atom. The summed E-state index contributed by atoms with van der Waals surface area (Å²) in [6, 6.07) is 1.81. The Hall–Kier alpha value is -1.95. The Morgan fingerprint density at radius 2 is 2.19 bits per heavy atom. The highest BCUT2D eigenvalue weighted by Crippen LogP contribution is 2.37. The zero-order chi connectivity index (χ0) is 15.0. The molecule has 2 aromatic heterocycles. The summed E-state index contributed by atoms with van der Waals surface area (Å²) in [6.45, 7) is 6.00. The summed E-state index contributed by atoms with van der Waals surface area (Å²) in [4.78, 5) is 16.0. The van der Waals surface area contributed by atoms with Crippen LogP contribution in [0.5, 0.6) is 0 Å². The summed E-state index contributed by atoms with van der Waals surface area (Å²) < 4.78 is 2.06. The number of rotatable bonds is 3. The molecule has 112 valence electrons. The minimum absolute atomic E-state index is 0.175. The minimum Gasteiger partial charge on any atom is -0.384 e. The Labute approximate surface area is 125 Å². The fourth-order valence-electron chi connectivity index (χ4n) is 3.08. The van der Waals surface area contributed by atoms with Crippen LogP contribution in [0.15, 0.2) is 18.5 Å². The third-order valence-electron chi connectivity index (χ3n) is 4.40. The molecule has 3 heterocycles. The fourth-order valence-corrected chi connectivity index (χ4v) is 3.08. The maximum Gasteiger partial charge on any atom is 0.150 e. The lowest BCUT2D eigenvalue weighted by Crippen LogP contribution is -2.40. The number of nitrogen functional groups attached to an aromatic ring is 1. The second kappa shape index (κ2) is 5.11. The van der Waals surface area contributed by atoms with Crippen molar-refractivity contribution in [1.82, 2.24) is 24.4 Å². The Kier molecular flexibility index (Phi) is 3.41. The highest BCUT2D eigenvalue weighted by atomic mass is 15.3. The van der Waals surface area contributed by atoms with E-state index >= 15 is 0 Å². The van der Waals surface area contributed by atoms with Crippen molar-refractivity contribution >= 4 is 5.82 Å². The van der Waals surface area contributed by atoms with E-state index < -0.39 is 0 Å². The molecule has 6 nitrogen and oxygen atoms in total. The highest BCUT2D eigenvalue weighted by Gasteiger charge is 2.41. The first kappa shape index (κ1) is 14.0. The maximum atomic E-state index is 5.91. The molecule has 1 saturated heterocycles. The summed E-state index contributed by atoms with van der Waals surface area (Å²) in [7, 11) is 2.02. The van der Waals surface area contributed by atoms with Gasteiger partial charge in [-0.05, 0) is 33.2 Å². The van der Waals surface area contributed by atoms with Crippen LogP contribution in [0.1, 0.15) is 37.1 Å². The molecule has 2 N–H and O–H groups in total. The van der Waals surface area contributed by atoms with Gasteiger partial charge in [0.05, 0.1) is 12.1 Å². The summed E-state index contributed by atoms with van der Waals surface area (Å²) in [6.07, 6.45) is 5.99. The molecule has 0 spiro atoms. The van der Waals surface area contributed by atoms with Crippen molar-refractivity contribution in [2.24, 2.45) is 7.05 Å². The normalized spacial score (nSPS) is 22.8. The van der Waals surface area contributed by atoms with Gasteiger partial charge in [0.1, 0.15) is 11.6 Å². The molecular weight excluding hydrogens is 264 g/mol. The lowest BCUT2D eigenvalue weighted by Gasteiger charge is -2.33. The number of nitrogens with zero attached hydrogens (tertiary/aromatic N) is 5. The van der Waals surface area contributed by atoms with Crippen LogP contribution >= 0.6 is 0 Å². The predicted molar refractivity (Wildman–Crippen MR) is 81.4 cm³/mol. The number of aromatic nitrogens is 4. The molecule has 1 fully saturated rings. The molecule has 1 atom stereocenters. The molecular formula is C15H22N6. The number of anilines is 1. The van der Waals surface area contributed by atoms with Crippen molar-refractivity contribution in [1.29, 1.82) is 0 Å². The van der Waals surface area contributed by atoms with Crippen molar-refractivity contribution in [3.63, 3.8) is 0 Å². The van der Waals surface area contributed by atoms with Crippen LogP contribution in [-0.4, -0.2) is 31.0 Å². The zero-order valence-electron chi connectivity index (χ0n) is 12.9. The molecule has 3 rings (SSSR count). The summed E-state index contributed by atoms with van der Waals surface area (Å²) in [5, 5.41) is 0. The van der Waals surface area contributed by atoms with Crippen LogP contribution in [0.4, 0.5) is 5.82 Å². The first-order chi connectivity index (χ1) is 9.99. The van der Waals surface area contributed by atoms with Crippen molar-refractivity contribution in [3.8, 4) is 0 Å². The standard InChI is InChI=1S/C15H22N6/c1-11-9-12(16)19-14(18-11)15(2)5-4-7-21(15)10-13-17-6-8-20(13)3/h6,8-9H,4-5,7,10H2,1-3H3,(H2,16,18,19). The van der Waals surface area contributed by atoms with E-state index in [4.69, 9.17) is 5.73 Å². The van der Waals surface area contributed by atoms with Gasteiger partial charge in [0.25, 0.3) is 0 Å². The van der Waals surface area contributed by atoms with E-state index in [0.29, 0.717) is 5.82 Å². The van der Waals surface area contributed by atoms with E-state index in [1.165, 1.54) is 0 Å². The topological polar surface area (TPSA) is 72.9 Å². The van der Waals surface area contributed by atoms with Gasteiger partial charge in [-0.1, -0.05) is 0 Å². The number of aryl methyl sites for hydroxylation is 2. The third-order valence-corrected chi connectivity index (χ3v) is 4.40. The SMILES string of the molecule is Cc1cc(N)nc(C2(C)CCCN2Cc2nccn2C)n1.